The van der Waals surface area contributed by atoms with Crippen molar-refractivity contribution in [1.29, 1.82) is 0 Å². The van der Waals surface area contributed by atoms with Crippen LogP contribution >= 0.6 is 0 Å². The molecule has 1 saturated heterocycles. The molecular weight excluding hydrogens is 218 g/mol. The first-order chi connectivity index (χ1) is 6.50. The van der Waals surface area contributed by atoms with Crippen molar-refractivity contribution in [3.63, 3.8) is 0 Å². The molecule has 1 fully saturated rings. The second-order valence-electron chi connectivity index (χ2n) is 2.78. The van der Waals surface area contributed by atoms with E-state index in [0.717, 1.165) is 0 Å². The quantitative estimate of drug-likeness (QED) is 0.609. The van der Waals surface area contributed by atoms with Crippen molar-refractivity contribution in [2.45, 2.75) is 18.1 Å². The van der Waals surface area contributed by atoms with Crippen LogP contribution in [0.25, 0.3) is 0 Å². The van der Waals surface area contributed by atoms with Gasteiger partial charge in [0.05, 0.1) is 6.61 Å². The molecule has 2 unspecified atom stereocenters. The van der Waals surface area contributed by atoms with Gasteiger partial charge in [-0.3, -0.25) is 0 Å². The van der Waals surface area contributed by atoms with E-state index in [9.17, 15) is 13.6 Å². The van der Waals surface area contributed by atoms with Crippen LogP contribution in [0.15, 0.2) is 0 Å². The summed E-state index contributed by atoms with van der Waals surface area (Å²) in [4.78, 5) is 10.3. The Morgan fingerprint density at radius 2 is 2.36 bits per heavy atom. The van der Waals surface area contributed by atoms with Gasteiger partial charge in [0.2, 0.25) is 0 Å². The van der Waals surface area contributed by atoms with Crippen molar-refractivity contribution in [3.8, 4) is 0 Å². The molecule has 1 rings (SSSR count). The van der Waals surface area contributed by atoms with Crippen LogP contribution in [0, 0.1) is 0 Å². The van der Waals surface area contributed by atoms with E-state index in [1.807, 2.05) is 0 Å². The Kier molecular flexibility index (Phi) is 3.53. The molecule has 14 heavy (non-hydrogen) atoms. The fourth-order valence-electron chi connectivity index (χ4n) is 1.18. The van der Waals surface area contributed by atoms with Crippen LogP contribution in [0.3, 0.4) is 0 Å². The lowest BCUT2D eigenvalue weighted by Gasteiger charge is -2.26. The number of alkyl halides is 2. The summed E-state index contributed by atoms with van der Waals surface area (Å²) in [5, 5.41) is 8.29. The molecule has 2 atom stereocenters. The van der Waals surface area contributed by atoms with E-state index in [0.29, 0.717) is 0 Å². The lowest BCUT2D eigenvalue weighted by molar-refractivity contribution is -0.189. The van der Waals surface area contributed by atoms with E-state index in [2.05, 4.69) is 4.43 Å². The smallest absolute Gasteiger partial charge is 0.377 e. The fraction of sp³-hybridized carbons (Fsp3) is 0.833. The standard InChI is InChI=1S/C6H10F2O5Si/c7-6(8,5(9)10)4(13-14)3-1-11-2-12-3/h3-4H,1-2H2,14H3,(H,9,10). The first kappa shape index (κ1) is 11.5. The molecule has 0 spiro atoms. The molecule has 0 saturated carbocycles. The Morgan fingerprint density at radius 3 is 2.71 bits per heavy atom. The van der Waals surface area contributed by atoms with Crippen LogP contribution in [0.4, 0.5) is 8.78 Å². The molecule has 1 N–H and O–H groups in total. The maximum atomic E-state index is 13.0. The maximum absolute atomic E-state index is 13.0. The van der Waals surface area contributed by atoms with E-state index >= 15 is 0 Å². The van der Waals surface area contributed by atoms with Crippen LogP contribution in [0.2, 0.25) is 0 Å². The second kappa shape index (κ2) is 4.30. The zero-order chi connectivity index (χ0) is 10.8. The number of hydrogen-bond donors (Lipinski definition) is 1. The first-order valence-electron chi connectivity index (χ1n) is 3.83. The number of carboxylic acids is 1. The zero-order valence-corrected chi connectivity index (χ0v) is 9.41. The van der Waals surface area contributed by atoms with Crippen LogP contribution in [0.1, 0.15) is 0 Å². The average Bonchev–Trinajstić information content (AvgIpc) is 2.57. The summed E-state index contributed by atoms with van der Waals surface area (Å²) < 4.78 is 40.1. The lowest BCUT2D eigenvalue weighted by atomic mass is 10.1. The third-order valence-electron chi connectivity index (χ3n) is 1.88. The van der Waals surface area contributed by atoms with E-state index in [-0.39, 0.29) is 23.9 Å². The number of carboxylic acid groups (broad SMARTS) is 1. The highest BCUT2D eigenvalue weighted by molar-refractivity contribution is 5.98. The van der Waals surface area contributed by atoms with Crippen molar-refractivity contribution in [2.24, 2.45) is 0 Å². The molecule has 8 heteroatoms. The van der Waals surface area contributed by atoms with Crippen molar-refractivity contribution in [1.82, 2.24) is 0 Å². The van der Waals surface area contributed by atoms with E-state index in [1.165, 1.54) is 0 Å². The molecule has 1 aliphatic rings. The predicted octanol–water partition coefficient (Wildman–Crippen LogP) is -1.26. The van der Waals surface area contributed by atoms with Crippen molar-refractivity contribution in [3.05, 3.63) is 0 Å². The van der Waals surface area contributed by atoms with E-state index in [1.54, 1.807) is 0 Å². The van der Waals surface area contributed by atoms with Gasteiger partial charge in [0.25, 0.3) is 0 Å². The molecule has 1 aliphatic heterocycles. The Morgan fingerprint density at radius 1 is 1.71 bits per heavy atom. The predicted molar refractivity (Wildman–Crippen MR) is 43.1 cm³/mol. The fourth-order valence-corrected chi connectivity index (χ4v) is 1.78. The molecule has 0 aromatic heterocycles. The molecule has 0 aliphatic carbocycles. The molecule has 1 heterocycles. The Balaban J connectivity index is 2.73. The highest BCUT2D eigenvalue weighted by Crippen LogP contribution is 2.27. The van der Waals surface area contributed by atoms with Gasteiger partial charge in [-0.05, 0) is 0 Å². The van der Waals surface area contributed by atoms with Gasteiger partial charge in [-0.15, -0.1) is 0 Å². The number of hydrogen-bond acceptors (Lipinski definition) is 4. The molecule has 0 aromatic carbocycles. The molecule has 5 nitrogen and oxygen atoms in total. The number of halogens is 2. The summed E-state index contributed by atoms with van der Waals surface area (Å²) in [6, 6.07) is 0. The third-order valence-corrected chi connectivity index (χ3v) is 2.39. The van der Waals surface area contributed by atoms with Gasteiger partial charge in [-0.1, -0.05) is 0 Å². The van der Waals surface area contributed by atoms with Gasteiger partial charge >= 0.3 is 11.9 Å². The average molecular weight is 228 g/mol. The lowest BCUT2D eigenvalue weighted by Crippen LogP contribution is -2.50. The molecule has 0 amide bonds. The summed E-state index contributed by atoms with van der Waals surface area (Å²) in [5.74, 6) is -6.16. The monoisotopic (exact) mass is 228 g/mol. The summed E-state index contributed by atoms with van der Waals surface area (Å²) in [5.41, 5.74) is 0. The summed E-state index contributed by atoms with van der Waals surface area (Å²) in [6.07, 6.45) is -2.78. The van der Waals surface area contributed by atoms with Gasteiger partial charge in [-0.25, -0.2) is 4.79 Å². The Labute approximate surface area is 81.5 Å². The van der Waals surface area contributed by atoms with Gasteiger partial charge in [0, 0.05) is 0 Å². The minimum absolute atomic E-state index is 0.00471. The topological polar surface area (TPSA) is 65.0 Å². The van der Waals surface area contributed by atoms with Crippen molar-refractivity contribution >= 4 is 16.5 Å². The number of rotatable bonds is 4. The highest BCUT2D eigenvalue weighted by Gasteiger charge is 2.52. The van der Waals surface area contributed by atoms with Crippen LogP contribution in [-0.2, 0) is 18.7 Å². The van der Waals surface area contributed by atoms with Crippen LogP contribution in [-0.4, -0.2) is 53.1 Å². The normalized spacial score (nSPS) is 25.1. The molecule has 0 aromatic rings. The molecule has 82 valence electrons. The molecule has 0 radical (unpaired) electrons. The SMILES string of the molecule is O=C(O)C(F)(F)C(O[SiH3])C1COCO1. The Hall–Kier alpha value is -0.573. The second-order valence-corrected chi connectivity index (χ2v) is 3.25. The van der Waals surface area contributed by atoms with E-state index in [4.69, 9.17) is 14.6 Å². The minimum atomic E-state index is -3.94. The van der Waals surface area contributed by atoms with Gasteiger partial charge in [0.15, 0.2) is 0 Å². The zero-order valence-electron chi connectivity index (χ0n) is 7.41. The van der Waals surface area contributed by atoms with Crippen LogP contribution in [0.5, 0.6) is 0 Å². The maximum Gasteiger partial charge on any atom is 0.377 e. The van der Waals surface area contributed by atoms with Gasteiger partial charge in [0.1, 0.15) is 29.5 Å². The summed E-state index contributed by atoms with van der Waals surface area (Å²) in [7, 11) is 0.00471. The molecule has 0 bridgehead atoms. The number of aliphatic carboxylic acids is 1. The number of ether oxygens (including phenoxy) is 2. The summed E-state index contributed by atoms with van der Waals surface area (Å²) in [6.45, 7) is -0.183. The Bertz CT molecular complexity index is 218. The number of carbonyl (C=O) groups is 1. The van der Waals surface area contributed by atoms with Gasteiger partial charge < -0.3 is 19.0 Å². The molecular formula is C6H10F2O5Si. The largest absolute Gasteiger partial charge is 0.477 e. The minimum Gasteiger partial charge on any atom is -0.477 e. The third kappa shape index (κ3) is 2.08. The van der Waals surface area contributed by atoms with Crippen molar-refractivity contribution < 1.29 is 32.6 Å². The van der Waals surface area contributed by atoms with Crippen molar-refractivity contribution in [2.75, 3.05) is 13.4 Å². The van der Waals surface area contributed by atoms with Crippen LogP contribution < -0.4 is 0 Å². The first-order valence-corrected chi connectivity index (χ1v) is 4.65. The van der Waals surface area contributed by atoms with E-state index < -0.39 is 24.1 Å². The highest BCUT2D eigenvalue weighted by atomic mass is 28.2. The summed E-state index contributed by atoms with van der Waals surface area (Å²) >= 11 is 0. The van der Waals surface area contributed by atoms with Gasteiger partial charge in [-0.2, -0.15) is 8.78 Å².